The van der Waals surface area contributed by atoms with Gasteiger partial charge in [-0.25, -0.2) is 0 Å². The molecule has 1 aliphatic heterocycles. The Kier molecular flexibility index (Phi) is 6.61. The van der Waals surface area contributed by atoms with Crippen molar-refractivity contribution in [1.82, 2.24) is 9.80 Å². The van der Waals surface area contributed by atoms with E-state index in [4.69, 9.17) is 4.74 Å². The zero-order valence-electron chi connectivity index (χ0n) is 11.9. The number of carbonyl (C=O) groups excluding carboxylic acids is 1. The number of nitrogens with zero attached hydrogens (tertiary/aromatic N) is 2. The number of ether oxygens (including phenoxy) is 1. The highest BCUT2D eigenvalue weighted by Crippen LogP contribution is 2.16. The summed E-state index contributed by atoms with van der Waals surface area (Å²) in [6.07, 6.45) is 9.94. The van der Waals surface area contributed by atoms with Gasteiger partial charge in [-0.1, -0.05) is 32.6 Å². The Labute approximate surface area is 111 Å². The normalized spacial score (nSPS) is 18.5. The van der Waals surface area contributed by atoms with Crippen molar-refractivity contribution in [2.75, 3.05) is 13.6 Å². The fraction of sp³-hybridized carbons (Fsp3) is 0.786. The smallest absolute Gasteiger partial charge is 0.309 e. The van der Waals surface area contributed by atoms with Gasteiger partial charge in [0.2, 0.25) is 0 Å². The molecule has 0 amide bonds. The minimum Gasteiger partial charge on any atom is -0.422 e. The molecule has 0 radical (unpaired) electrons. The Morgan fingerprint density at radius 2 is 1.89 bits per heavy atom. The van der Waals surface area contributed by atoms with Gasteiger partial charge in [-0.2, -0.15) is 0 Å². The highest BCUT2D eigenvalue weighted by Gasteiger charge is 2.25. The Morgan fingerprint density at radius 1 is 1.17 bits per heavy atom. The topological polar surface area (TPSA) is 32.8 Å². The molecule has 18 heavy (non-hydrogen) atoms. The van der Waals surface area contributed by atoms with E-state index in [-0.39, 0.29) is 12.3 Å². The predicted octanol–water partition coefficient (Wildman–Crippen LogP) is 2.91. The largest absolute Gasteiger partial charge is 0.422 e. The summed E-state index contributed by atoms with van der Waals surface area (Å²) in [4.78, 5) is 15.7. The molecule has 4 heteroatoms. The van der Waals surface area contributed by atoms with Gasteiger partial charge in [-0.15, -0.1) is 0 Å². The molecule has 0 N–H and O–H groups in total. The quantitative estimate of drug-likeness (QED) is 0.492. The maximum Gasteiger partial charge on any atom is 0.309 e. The second-order valence-electron chi connectivity index (χ2n) is 4.77. The van der Waals surface area contributed by atoms with E-state index >= 15 is 0 Å². The van der Waals surface area contributed by atoms with Crippen LogP contribution in [0.15, 0.2) is 12.4 Å². The van der Waals surface area contributed by atoms with Crippen molar-refractivity contribution in [3.05, 3.63) is 12.4 Å². The molecule has 0 spiro atoms. The maximum absolute atomic E-state index is 11.7. The Balaban J connectivity index is 2.19. The van der Waals surface area contributed by atoms with Gasteiger partial charge < -0.3 is 14.5 Å². The monoisotopic (exact) mass is 254 g/mol. The summed E-state index contributed by atoms with van der Waals surface area (Å²) < 4.78 is 5.48. The molecule has 1 heterocycles. The summed E-state index contributed by atoms with van der Waals surface area (Å²) in [5.74, 6) is -0.0921. The average molecular weight is 254 g/mol. The Hall–Kier alpha value is -1.19. The van der Waals surface area contributed by atoms with Crippen molar-refractivity contribution in [2.24, 2.45) is 0 Å². The van der Waals surface area contributed by atoms with E-state index in [0.717, 1.165) is 19.4 Å². The van der Waals surface area contributed by atoms with Gasteiger partial charge >= 0.3 is 5.97 Å². The Bertz CT molecular complexity index is 279. The van der Waals surface area contributed by atoms with Gasteiger partial charge in [-0.05, 0) is 13.3 Å². The molecule has 0 bridgehead atoms. The van der Waals surface area contributed by atoms with E-state index in [9.17, 15) is 4.79 Å². The predicted molar refractivity (Wildman–Crippen MR) is 72.5 cm³/mol. The van der Waals surface area contributed by atoms with Crippen LogP contribution < -0.4 is 0 Å². The van der Waals surface area contributed by atoms with Gasteiger partial charge in [0.05, 0.1) is 0 Å². The molecule has 0 aliphatic carbocycles. The number of hydrogen-bond acceptors (Lipinski definition) is 4. The molecule has 1 unspecified atom stereocenters. The van der Waals surface area contributed by atoms with Crippen LogP contribution in [0.1, 0.15) is 52.4 Å². The van der Waals surface area contributed by atoms with Gasteiger partial charge in [0.15, 0.2) is 0 Å². The molecule has 0 aromatic heterocycles. The first-order valence-electron chi connectivity index (χ1n) is 7.04. The lowest BCUT2D eigenvalue weighted by atomic mass is 10.1. The number of unbranched alkanes of at least 4 members (excludes halogenated alkanes) is 4. The fourth-order valence-electron chi connectivity index (χ4n) is 2.03. The van der Waals surface area contributed by atoms with E-state index < -0.39 is 0 Å². The maximum atomic E-state index is 11.7. The fourth-order valence-corrected chi connectivity index (χ4v) is 2.03. The van der Waals surface area contributed by atoms with Crippen LogP contribution in [0.5, 0.6) is 0 Å². The first kappa shape index (κ1) is 14.9. The van der Waals surface area contributed by atoms with Crippen LogP contribution in [-0.4, -0.2) is 35.7 Å². The molecular formula is C14H26N2O2. The van der Waals surface area contributed by atoms with E-state index in [2.05, 4.69) is 13.8 Å². The van der Waals surface area contributed by atoms with Crippen LogP contribution in [0.25, 0.3) is 0 Å². The summed E-state index contributed by atoms with van der Waals surface area (Å²) in [6, 6.07) is 0. The van der Waals surface area contributed by atoms with E-state index in [0.29, 0.717) is 6.42 Å². The molecule has 0 saturated carbocycles. The summed E-state index contributed by atoms with van der Waals surface area (Å²) in [6.45, 7) is 5.08. The zero-order chi connectivity index (χ0) is 13.4. The average Bonchev–Trinajstić information content (AvgIpc) is 2.70. The van der Waals surface area contributed by atoms with Gasteiger partial charge in [0.25, 0.3) is 6.35 Å². The third-order valence-electron chi connectivity index (χ3n) is 3.21. The molecule has 0 aromatic rings. The number of hydrogen-bond donors (Lipinski definition) is 0. The third kappa shape index (κ3) is 4.59. The van der Waals surface area contributed by atoms with E-state index in [1.54, 1.807) is 0 Å². The van der Waals surface area contributed by atoms with E-state index in [1.165, 1.54) is 19.3 Å². The molecule has 4 nitrogen and oxygen atoms in total. The van der Waals surface area contributed by atoms with Crippen LogP contribution in [0, 0.1) is 0 Å². The lowest BCUT2D eigenvalue weighted by molar-refractivity contribution is -0.166. The van der Waals surface area contributed by atoms with Crippen molar-refractivity contribution in [2.45, 2.75) is 58.7 Å². The lowest BCUT2D eigenvalue weighted by Crippen LogP contribution is -2.40. The highest BCUT2D eigenvalue weighted by molar-refractivity contribution is 5.69. The van der Waals surface area contributed by atoms with Crippen molar-refractivity contribution in [3.63, 3.8) is 0 Å². The number of carbonyl (C=O) groups is 1. The summed E-state index contributed by atoms with van der Waals surface area (Å²) in [5, 5.41) is 0. The summed E-state index contributed by atoms with van der Waals surface area (Å²) in [5.41, 5.74) is 0. The minimum absolute atomic E-state index is 0.0921. The lowest BCUT2D eigenvalue weighted by Gasteiger charge is -2.28. The number of rotatable bonds is 8. The minimum atomic E-state index is -0.252. The molecule has 1 rings (SSSR count). The summed E-state index contributed by atoms with van der Waals surface area (Å²) >= 11 is 0. The van der Waals surface area contributed by atoms with Gasteiger partial charge in [-0.3, -0.25) is 4.79 Å². The van der Waals surface area contributed by atoms with Gasteiger partial charge in [0.1, 0.15) is 0 Å². The first-order chi connectivity index (χ1) is 8.69. The van der Waals surface area contributed by atoms with Crippen molar-refractivity contribution in [1.29, 1.82) is 0 Å². The van der Waals surface area contributed by atoms with Crippen LogP contribution in [0.2, 0.25) is 0 Å². The van der Waals surface area contributed by atoms with Crippen molar-refractivity contribution < 1.29 is 9.53 Å². The Morgan fingerprint density at radius 3 is 2.56 bits per heavy atom. The van der Waals surface area contributed by atoms with Crippen LogP contribution in [-0.2, 0) is 9.53 Å². The molecular weight excluding hydrogens is 228 g/mol. The summed E-state index contributed by atoms with van der Waals surface area (Å²) in [7, 11) is 1.92. The SMILES string of the molecule is CCCCCCCC(=O)OC1N(C)C=CN1CC. The molecule has 0 aromatic carbocycles. The highest BCUT2D eigenvalue weighted by atomic mass is 16.6. The van der Waals surface area contributed by atoms with Crippen LogP contribution in [0.4, 0.5) is 0 Å². The molecule has 0 saturated heterocycles. The third-order valence-corrected chi connectivity index (χ3v) is 3.21. The van der Waals surface area contributed by atoms with Crippen molar-refractivity contribution >= 4 is 5.97 Å². The zero-order valence-corrected chi connectivity index (χ0v) is 11.9. The molecule has 1 atom stereocenters. The molecule has 0 fully saturated rings. The number of esters is 1. The molecule has 104 valence electrons. The van der Waals surface area contributed by atoms with Crippen LogP contribution >= 0.6 is 0 Å². The second kappa shape index (κ2) is 8.01. The second-order valence-corrected chi connectivity index (χ2v) is 4.77. The standard InChI is InChI=1S/C14H26N2O2/c1-4-6-7-8-9-10-13(17)18-14-15(3)11-12-16(14)5-2/h11-12,14H,4-10H2,1-3H3. The van der Waals surface area contributed by atoms with Crippen molar-refractivity contribution in [3.8, 4) is 0 Å². The molecule has 1 aliphatic rings. The van der Waals surface area contributed by atoms with Gasteiger partial charge in [0, 0.05) is 32.4 Å². The van der Waals surface area contributed by atoms with Crippen LogP contribution in [0.3, 0.4) is 0 Å². The van der Waals surface area contributed by atoms with E-state index in [1.807, 2.05) is 29.2 Å². The first-order valence-corrected chi connectivity index (χ1v) is 7.04.